The van der Waals surface area contributed by atoms with E-state index in [1.807, 2.05) is 109 Å². The predicted molar refractivity (Wildman–Crippen MR) is 372 cm³/mol. The molecule has 1 fully saturated rings. The van der Waals surface area contributed by atoms with E-state index < -0.39 is 18.0 Å². The van der Waals surface area contributed by atoms with Crippen LogP contribution in [-0.2, 0) is 73.3 Å². The molecule has 10 rings (SSSR count). The minimum atomic E-state index is -2.11. The summed E-state index contributed by atoms with van der Waals surface area (Å²) in [5, 5.41) is 19.2. The molecule has 526 valence electrons. The van der Waals surface area contributed by atoms with E-state index in [1.54, 1.807) is 33.5 Å². The Morgan fingerprint density at radius 1 is 0.388 bits per heavy atom. The summed E-state index contributed by atoms with van der Waals surface area (Å²) in [5.41, 5.74) is 23.3. The first-order chi connectivity index (χ1) is 47.5. The van der Waals surface area contributed by atoms with Gasteiger partial charge in [0.15, 0.2) is 0 Å². The molecule has 3 aromatic heterocycles. The number of aromatic amines is 2. The van der Waals surface area contributed by atoms with Crippen LogP contribution in [0.3, 0.4) is 0 Å². The number of nitrogens with zero attached hydrogens (tertiary/aromatic N) is 2. The number of fused-ring (bicyclic) bond motifs is 8. The van der Waals surface area contributed by atoms with Crippen molar-refractivity contribution in [1.82, 2.24) is 19.9 Å². The van der Waals surface area contributed by atoms with Crippen molar-refractivity contribution in [3.05, 3.63) is 144 Å². The largest absolute Gasteiger partial charge is 0.491 e. The molecule has 2 atom stereocenters. The van der Waals surface area contributed by atoms with Crippen molar-refractivity contribution in [2.75, 3.05) is 140 Å². The number of aromatic nitrogens is 4. The summed E-state index contributed by atoms with van der Waals surface area (Å²) in [6.07, 6.45) is 10.5. The molecular weight excluding hydrogens is 1440 g/mol. The van der Waals surface area contributed by atoms with Crippen molar-refractivity contribution < 1.29 is 102 Å². The smallest absolute Gasteiger partial charge is 0.356 e. The van der Waals surface area contributed by atoms with Gasteiger partial charge < -0.3 is 93.2 Å². The molecule has 2 aliphatic heterocycles. The Kier molecular flexibility index (Phi) is 31.4. The molecule has 8 N–H and O–H groups in total. The molecule has 4 aromatic carbocycles. The van der Waals surface area contributed by atoms with E-state index >= 15 is 0 Å². The van der Waals surface area contributed by atoms with Gasteiger partial charge in [-0.2, -0.15) is 0 Å². The Morgan fingerprint density at radius 2 is 0.653 bits per heavy atom. The fraction of sp³-hybridized carbons (Fsp3) is 0.378. The van der Waals surface area contributed by atoms with Gasteiger partial charge in [-0.15, -0.1) is 0 Å². The van der Waals surface area contributed by atoms with Crippen LogP contribution in [0.5, 0.6) is 23.0 Å². The van der Waals surface area contributed by atoms with Crippen LogP contribution >= 0.6 is 0 Å². The zero-order chi connectivity index (χ0) is 68.0. The average molecular weight is 1530 g/mol. The van der Waals surface area contributed by atoms with E-state index in [0.717, 1.165) is 68.3 Å². The van der Waals surface area contributed by atoms with Crippen LogP contribution in [0.25, 0.3) is 90.9 Å². The summed E-state index contributed by atoms with van der Waals surface area (Å²) in [4.78, 5) is 42.1. The quantitative estimate of drug-likeness (QED) is 0.0155. The van der Waals surface area contributed by atoms with Crippen molar-refractivity contribution in [1.29, 1.82) is 0 Å². The number of carboxylic acids is 2. The molecule has 1 saturated carbocycles. The predicted octanol–water partition coefficient (Wildman–Crippen LogP) is 10.6. The van der Waals surface area contributed by atoms with E-state index in [9.17, 15) is 19.8 Å². The Balaban J connectivity index is 0.00000127. The average Bonchev–Trinajstić information content (AvgIpc) is 1.61. The second-order valence-electron chi connectivity index (χ2n) is 22.6. The van der Waals surface area contributed by atoms with Gasteiger partial charge in [0.25, 0.3) is 6.10 Å². The molecule has 0 saturated heterocycles. The van der Waals surface area contributed by atoms with Crippen LogP contribution in [-0.4, -0.2) is 201 Å². The third kappa shape index (κ3) is 22.4. The number of hydrogen-bond acceptors (Lipinski definition) is 19. The first-order valence-corrected chi connectivity index (χ1v) is 32.5. The number of aliphatic carboxylic acids is 2. The van der Waals surface area contributed by atoms with Gasteiger partial charge in [0, 0.05) is 98.8 Å². The molecule has 23 nitrogen and oxygen atoms in total. The van der Waals surface area contributed by atoms with E-state index in [2.05, 4.69) is 22.1 Å². The van der Waals surface area contributed by atoms with Crippen LogP contribution in [0.1, 0.15) is 48.5 Å². The number of hydrogen-bond donors (Lipinski definition) is 6. The standard InChI is InChI=1S/C68H74N4O17.C6H14N2.Pt/c1-77-28-31-80-34-37-83-40-43-86-50-12-4-46(5-13-50)62-54-20-22-56(69-54)63(47-6-14-51(15-7-47)87-44-41-84-38-35-81-32-29-78-2)58-24-26-60(71-58)65(49-10-18-53(19-11-49)89-66(67(73)74)68(75)76)61-27-25-59(72-61)64(57-23-21-55(62)70-57)48-8-16-52(17-9-48)88-45-42-85-39-36-82-33-30-79-3;7-5-3-1-2-4-6(5)8;/h4-27,66,69-70H,28-45H2,1-3H3,(H,73,74)(H,75,76);5-6H,1-4,7-8H2;/t;5-,6?;/m.0./s1. The minimum absolute atomic E-state index is 0. The molecular formula is C74H88N6O17Pt. The maximum Gasteiger partial charge on any atom is 0.356 e. The fourth-order valence-electron chi connectivity index (χ4n) is 10.9. The number of ether oxygens (including phenoxy) is 13. The fourth-order valence-corrected chi connectivity index (χ4v) is 10.9. The SMILES string of the molecule is COCCOCCOCCOc1ccc(-c2c3nc(c(-c4ccc(OC(C(=O)O)C(=O)O)cc4)c4nc(c(-c5ccc(OCCOCCOCCOC)cc5)c5ccc([nH]5)c(-c5ccc(OCCOCCOCCOC)cc5)c5ccc2[nH]5)C=C4)C=C3)cc1.NC1CCCC[C@@H]1N.[Pt]. The van der Waals surface area contributed by atoms with Crippen molar-refractivity contribution >= 4 is 58.3 Å². The molecule has 7 aromatic rings. The molecule has 8 bridgehead atoms. The summed E-state index contributed by atoms with van der Waals surface area (Å²) in [6.45, 7) is 7.93. The number of nitrogens with one attached hydrogen (secondary N) is 2. The number of nitrogens with two attached hydrogens (primary N) is 2. The van der Waals surface area contributed by atoms with Crippen LogP contribution < -0.4 is 30.4 Å². The Morgan fingerprint density at radius 3 is 0.959 bits per heavy atom. The summed E-state index contributed by atoms with van der Waals surface area (Å²) >= 11 is 0. The van der Waals surface area contributed by atoms with Gasteiger partial charge >= 0.3 is 11.9 Å². The van der Waals surface area contributed by atoms with Crippen molar-refractivity contribution in [2.24, 2.45) is 11.5 Å². The maximum absolute atomic E-state index is 11.8. The van der Waals surface area contributed by atoms with E-state index in [-0.39, 0.29) is 38.9 Å². The molecule has 3 aliphatic rings. The van der Waals surface area contributed by atoms with Crippen LogP contribution in [0, 0.1) is 0 Å². The van der Waals surface area contributed by atoms with Gasteiger partial charge in [-0.25, -0.2) is 19.6 Å². The molecule has 0 amide bonds. The zero-order valence-corrected chi connectivity index (χ0v) is 57.8. The topological polar surface area (TPSA) is 304 Å². The van der Waals surface area contributed by atoms with Gasteiger partial charge in [0.05, 0.1) is 122 Å². The van der Waals surface area contributed by atoms with Crippen LogP contribution in [0.4, 0.5) is 0 Å². The minimum Gasteiger partial charge on any atom is -0.491 e. The Labute approximate surface area is 584 Å². The zero-order valence-electron chi connectivity index (χ0n) is 55.5. The number of carbonyl (C=O) groups is 2. The normalized spacial score (nSPS) is 14.0. The third-order valence-electron chi connectivity index (χ3n) is 15.8. The van der Waals surface area contributed by atoms with Crippen molar-refractivity contribution in [3.63, 3.8) is 0 Å². The summed E-state index contributed by atoms with van der Waals surface area (Å²) < 4.78 is 72.6. The molecule has 1 unspecified atom stereocenters. The number of rotatable bonds is 38. The molecule has 98 heavy (non-hydrogen) atoms. The monoisotopic (exact) mass is 1530 g/mol. The summed E-state index contributed by atoms with van der Waals surface area (Å²) in [5.74, 6) is -1.22. The first kappa shape index (κ1) is 75.6. The second kappa shape index (κ2) is 40.7. The van der Waals surface area contributed by atoms with Crippen LogP contribution in [0.15, 0.2) is 121 Å². The van der Waals surface area contributed by atoms with Crippen molar-refractivity contribution in [2.45, 2.75) is 43.9 Å². The number of carboxylic acid groups (broad SMARTS) is 2. The van der Waals surface area contributed by atoms with E-state index in [0.29, 0.717) is 170 Å². The van der Waals surface area contributed by atoms with E-state index in [1.165, 1.54) is 25.0 Å². The maximum atomic E-state index is 11.8. The van der Waals surface area contributed by atoms with Gasteiger partial charge in [0.1, 0.15) is 42.8 Å². The number of methoxy groups -OCH3 is 3. The number of benzene rings is 4. The number of H-pyrrole nitrogens is 2. The van der Waals surface area contributed by atoms with Crippen LogP contribution in [0.2, 0.25) is 0 Å². The third-order valence-corrected chi connectivity index (χ3v) is 15.8. The van der Waals surface area contributed by atoms with Gasteiger partial charge in [0.2, 0.25) is 0 Å². The molecule has 24 heteroatoms. The van der Waals surface area contributed by atoms with Gasteiger partial charge in [-0.1, -0.05) is 61.4 Å². The summed E-state index contributed by atoms with van der Waals surface area (Å²) in [6, 6.07) is 38.9. The van der Waals surface area contributed by atoms with E-state index in [4.69, 9.17) is 83.0 Å². The summed E-state index contributed by atoms with van der Waals surface area (Å²) in [7, 11) is 4.90. The Bertz CT molecular complexity index is 3640. The van der Waals surface area contributed by atoms with Crippen molar-refractivity contribution in [3.8, 4) is 67.5 Å². The van der Waals surface area contributed by atoms with Gasteiger partial charge in [-0.3, -0.25) is 0 Å². The molecule has 5 heterocycles. The Hall–Kier alpha value is -8.13. The molecule has 0 spiro atoms. The van der Waals surface area contributed by atoms with Gasteiger partial charge in [-0.05, 0) is 132 Å². The molecule has 0 radical (unpaired) electrons. The second-order valence-corrected chi connectivity index (χ2v) is 22.6. The first-order valence-electron chi connectivity index (χ1n) is 32.5. The molecule has 1 aliphatic carbocycles.